The van der Waals surface area contributed by atoms with Crippen LogP contribution >= 0.6 is 0 Å². The molecule has 152 valence electrons. The number of ether oxygens (including phenoxy) is 2. The van der Waals surface area contributed by atoms with E-state index >= 15 is 0 Å². The predicted octanol–water partition coefficient (Wildman–Crippen LogP) is 3.34. The summed E-state index contributed by atoms with van der Waals surface area (Å²) in [5.74, 6) is 1.43. The van der Waals surface area contributed by atoms with Crippen LogP contribution in [0.2, 0.25) is 0 Å². The molecule has 0 radical (unpaired) electrons. The predicted molar refractivity (Wildman–Crippen MR) is 108 cm³/mol. The van der Waals surface area contributed by atoms with Gasteiger partial charge in [0.1, 0.15) is 12.7 Å². The molecule has 0 saturated heterocycles. The van der Waals surface area contributed by atoms with Crippen LogP contribution in [0.1, 0.15) is 56.9 Å². The lowest BCUT2D eigenvalue weighted by Crippen LogP contribution is -2.40. The number of methoxy groups -OCH3 is 1. The SMILES string of the molecule is COc1cc(CNC2CCC2)ccc1OC[C@H](O)CN(C)C1CCCCC1. The zero-order chi connectivity index (χ0) is 19.1. The maximum atomic E-state index is 10.4. The minimum atomic E-state index is -0.499. The van der Waals surface area contributed by atoms with E-state index in [1.807, 2.05) is 12.1 Å². The molecule has 3 rings (SSSR count). The average Bonchev–Trinajstić information content (AvgIpc) is 2.66. The molecule has 1 aromatic rings. The third kappa shape index (κ3) is 6.09. The number of likely N-dealkylation sites (N-methyl/N-ethyl adjacent to an activating group) is 1. The van der Waals surface area contributed by atoms with Crippen molar-refractivity contribution in [1.82, 2.24) is 10.2 Å². The van der Waals surface area contributed by atoms with Gasteiger partial charge in [-0.3, -0.25) is 0 Å². The first-order chi connectivity index (χ1) is 13.2. The van der Waals surface area contributed by atoms with Gasteiger partial charge in [0.05, 0.1) is 7.11 Å². The van der Waals surface area contributed by atoms with Crippen LogP contribution in [0.25, 0.3) is 0 Å². The first kappa shape index (κ1) is 20.4. The van der Waals surface area contributed by atoms with Crippen molar-refractivity contribution in [2.24, 2.45) is 0 Å². The van der Waals surface area contributed by atoms with Gasteiger partial charge in [-0.15, -0.1) is 0 Å². The quantitative estimate of drug-likeness (QED) is 0.656. The molecule has 2 aliphatic rings. The number of aliphatic hydroxyl groups excluding tert-OH is 1. The third-order valence-corrected chi connectivity index (χ3v) is 6.06. The minimum absolute atomic E-state index is 0.285. The number of nitrogens with zero attached hydrogens (tertiary/aromatic N) is 1. The van der Waals surface area contributed by atoms with Gasteiger partial charge in [0.15, 0.2) is 11.5 Å². The lowest BCUT2D eigenvalue weighted by Gasteiger charge is -2.32. The van der Waals surface area contributed by atoms with Crippen LogP contribution in [0.4, 0.5) is 0 Å². The van der Waals surface area contributed by atoms with Crippen molar-refractivity contribution in [3.63, 3.8) is 0 Å². The highest BCUT2D eigenvalue weighted by molar-refractivity contribution is 5.43. The molecule has 2 N–H and O–H groups in total. The van der Waals surface area contributed by atoms with Crippen LogP contribution < -0.4 is 14.8 Å². The standard InChI is InChI=1S/C22H36N2O3/c1-24(19-9-4-3-5-10-19)15-20(25)16-27-21-12-11-17(13-22(21)26-2)14-23-18-7-6-8-18/h11-13,18-20,23,25H,3-10,14-16H2,1-2H3/t20-/m1/s1. The summed E-state index contributed by atoms with van der Waals surface area (Å²) in [4.78, 5) is 2.29. The van der Waals surface area contributed by atoms with Crippen LogP contribution in [0.3, 0.4) is 0 Å². The van der Waals surface area contributed by atoms with Gasteiger partial charge in [-0.25, -0.2) is 0 Å². The Morgan fingerprint density at radius 2 is 1.89 bits per heavy atom. The fourth-order valence-electron chi connectivity index (χ4n) is 4.06. The zero-order valence-electron chi connectivity index (χ0n) is 17.0. The number of benzene rings is 1. The Hall–Kier alpha value is -1.30. The Bertz CT molecular complexity index is 571. The van der Waals surface area contributed by atoms with E-state index in [4.69, 9.17) is 9.47 Å². The molecule has 0 heterocycles. The molecule has 0 spiro atoms. The van der Waals surface area contributed by atoms with Gasteiger partial charge in [-0.1, -0.05) is 31.7 Å². The molecule has 1 aromatic carbocycles. The van der Waals surface area contributed by atoms with Gasteiger partial charge in [-0.05, 0) is 50.4 Å². The number of hydrogen-bond acceptors (Lipinski definition) is 5. The molecule has 0 bridgehead atoms. The van der Waals surface area contributed by atoms with Gasteiger partial charge in [0.2, 0.25) is 0 Å². The van der Waals surface area contributed by atoms with Crippen molar-refractivity contribution in [3.8, 4) is 11.5 Å². The van der Waals surface area contributed by atoms with Crippen molar-refractivity contribution in [3.05, 3.63) is 23.8 Å². The molecule has 1 atom stereocenters. The summed E-state index contributed by atoms with van der Waals surface area (Å²) < 4.78 is 11.4. The van der Waals surface area contributed by atoms with Crippen LogP contribution in [-0.2, 0) is 6.54 Å². The molecule has 2 saturated carbocycles. The fourth-order valence-corrected chi connectivity index (χ4v) is 4.06. The van der Waals surface area contributed by atoms with Crippen molar-refractivity contribution in [2.45, 2.75) is 76.1 Å². The molecule has 5 heteroatoms. The molecule has 5 nitrogen and oxygen atoms in total. The van der Waals surface area contributed by atoms with Gasteiger partial charge in [-0.2, -0.15) is 0 Å². The maximum absolute atomic E-state index is 10.4. The molecule has 27 heavy (non-hydrogen) atoms. The van der Waals surface area contributed by atoms with E-state index in [1.165, 1.54) is 56.9 Å². The van der Waals surface area contributed by atoms with Crippen LogP contribution in [0.5, 0.6) is 11.5 Å². The number of nitrogens with one attached hydrogen (secondary N) is 1. The Labute approximate surface area is 164 Å². The Morgan fingerprint density at radius 3 is 2.56 bits per heavy atom. The minimum Gasteiger partial charge on any atom is -0.493 e. The Kier molecular flexibility index (Phi) is 7.80. The van der Waals surface area contributed by atoms with Crippen molar-refractivity contribution in [2.75, 3.05) is 27.3 Å². The summed E-state index contributed by atoms with van der Waals surface area (Å²) in [6.07, 6.45) is 9.86. The lowest BCUT2D eigenvalue weighted by molar-refractivity contribution is 0.0553. The lowest BCUT2D eigenvalue weighted by atomic mass is 9.93. The molecule has 2 aliphatic carbocycles. The largest absolute Gasteiger partial charge is 0.493 e. The van der Waals surface area contributed by atoms with Gasteiger partial charge in [0, 0.05) is 25.2 Å². The van der Waals surface area contributed by atoms with E-state index < -0.39 is 6.10 Å². The second-order valence-corrected chi connectivity index (χ2v) is 8.19. The summed E-state index contributed by atoms with van der Waals surface area (Å²) in [6.45, 7) is 1.79. The van der Waals surface area contributed by atoms with Crippen molar-refractivity contribution < 1.29 is 14.6 Å². The van der Waals surface area contributed by atoms with Gasteiger partial charge < -0.3 is 24.8 Å². The van der Waals surface area contributed by atoms with E-state index in [9.17, 15) is 5.11 Å². The average molecular weight is 377 g/mol. The van der Waals surface area contributed by atoms with E-state index in [2.05, 4.69) is 23.3 Å². The molecule has 0 aromatic heterocycles. The van der Waals surface area contributed by atoms with E-state index in [0.29, 0.717) is 24.4 Å². The highest BCUT2D eigenvalue weighted by atomic mass is 16.5. The molecule has 2 fully saturated rings. The van der Waals surface area contributed by atoms with Crippen LogP contribution in [-0.4, -0.2) is 55.5 Å². The fraction of sp³-hybridized carbons (Fsp3) is 0.727. The second-order valence-electron chi connectivity index (χ2n) is 8.19. The first-order valence-electron chi connectivity index (χ1n) is 10.6. The number of hydrogen-bond donors (Lipinski definition) is 2. The van der Waals surface area contributed by atoms with E-state index in [0.717, 1.165) is 12.3 Å². The Morgan fingerprint density at radius 1 is 1.11 bits per heavy atom. The molecular formula is C22H36N2O3. The normalized spacial score (nSPS) is 19.7. The zero-order valence-corrected chi connectivity index (χ0v) is 17.0. The highest BCUT2D eigenvalue weighted by Gasteiger charge is 2.21. The topological polar surface area (TPSA) is 54.0 Å². The summed E-state index contributed by atoms with van der Waals surface area (Å²) >= 11 is 0. The molecule has 0 aliphatic heterocycles. The molecule has 0 unspecified atom stereocenters. The second kappa shape index (κ2) is 10.3. The van der Waals surface area contributed by atoms with Crippen molar-refractivity contribution in [1.29, 1.82) is 0 Å². The summed E-state index contributed by atoms with van der Waals surface area (Å²) in [6, 6.07) is 7.33. The maximum Gasteiger partial charge on any atom is 0.161 e. The van der Waals surface area contributed by atoms with Gasteiger partial charge in [0.25, 0.3) is 0 Å². The Balaban J connectivity index is 1.45. The first-order valence-corrected chi connectivity index (χ1v) is 10.6. The van der Waals surface area contributed by atoms with E-state index in [-0.39, 0.29) is 6.61 Å². The summed E-state index contributed by atoms with van der Waals surface area (Å²) in [5, 5.41) is 14.0. The number of aliphatic hydroxyl groups is 1. The van der Waals surface area contributed by atoms with Crippen molar-refractivity contribution >= 4 is 0 Å². The van der Waals surface area contributed by atoms with Crippen LogP contribution in [0.15, 0.2) is 18.2 Å². The van der Waals surface area contributed by atoms with Gasteiger partial charge >= 0.3 is 0 Å². The monoisotopic (exact) mass is 376 g/mol. The molecule has 0 amide bonds. The summed E-state index contributed by atoms with van der Waals surface area (Å²) in [7, 11) is 3.78. The van der Waals surface area contributed by atoms with Crippen LogP contribution in [0, 0.1) is 0 Å². The molecular weight excluding hydrogens is 340 g/mol. The number of rotatable bonds is 10. The smallest absolute Gasteiger partial charge is 0.161 e. The van der Waals surface area contributed by atoms with E-state index in [1.54, 1.807) is 7.11 Å². The highest BCUT2D eigenvalue weighted by Crippen LogP contribution is 2.29. The summed E-state index contributed by atoms with van der Waals surface area (Å²) in [5.41, 5.74) is 1.20. The third-order valence-electron chi connectivity index (χ3n) is 6.06.